The largest absolute Gasteiger partial charge is 0.368 e. The van der Waals surface area contributed by atoms with Gasteiger partial charge in [0, 0.05) is 37.6 Å². The number of hydrogen-bond acceptors (Lipinski definition) is 6. The SMILES string of the molecule is Cc1ccc(C)c(Nc2cnnc(N3CCN(c4ccc(F)cc4)CC3)n2)c1. The Hall–Kier alpha value is -3.22. The van der Waals surface area contributed by atoms with E-state index in [-0.39, 0.29) is 5.82 Å². The van der Waals surface area contributed by atoms with Crippen LogP contribution in [-0.4, -0.2) is 41.4 Å². The average Bonchev–Trinajstić information content (AvgIpc) is 2.72. The van der Waals surface area contributed by atoms with Crippen molar-refractivity contribution in [1.29, 1.82) is 0 Å². The van der Waals surface area contributed by atoms with Crippen LogP contribution in [0.5, 0.6) is 0 Å². The van der Waals surface area contributed by atoms with Crippen LogP contribution in [0, 0.1) is 19.7 Å². The summed E-state index contributed by atoms with van der Waals surface area (Å²) in [5.41, 5.74) is 4.39. The van der Waals surface area contributed by atoms with Crippen LogP contribution in [0.4, 0.5) is 27.5 Å². The molecule has 2 heterocycles. The highest BCUT2D eigenvalue weighted by atomic mass is 19.1. The molecule has 6 nitrogen and oxygen atoms in total. The number of nitrogens with one attached hydrogen (secondary N) is 1. The Morgan fingerprint density at radius 2 is 1.64 bits per heavy atom. The summed E-state index contributed by atoms with van der Waals surface area (Å²) in [7, 11) is 0. The number of piperazine rings is 1. The molecule has 4 rings (SSSR count). The smallest absolute Gasteiger partial charge is 0.247 e. The maximum Gasteiger partial charge on any atom is 0.247 e. The van der Waals surface area contributed by atoms with Crippen LogP contribution in [0.2, 0.25) is 0 Å². The van der Waals surface area contributed by atoms with E-state index in [0.717, 1.165) is 43.1 Å². The standard InChI is InChI=1S/C21H23FN6/c1-15-3-4-16(2)19(13-15)24-20-14-23-26-21(25-20)28-11-9-27(10-12-28)18-7-5-17(22)6-8-18/h3-8,13-14H,9-12H2,1-2H3,(H,24,25,26). The van der Waals surface area contributed by atoms with Crippen LogP contribution >= 0.6 is 0 Å². The number of anilines is 4. The molecule has 0 atom stereocenters. The summed E-state index contributed by atoms with van der Waals surface area (Å²) < 4.78 is 13.1. The number of nitrogens with zero attached hydrogens (tertiary/aromatic N) is 5. The predicted molar refractivity (Wildman–Crippen MR) is 110 cm³/mol. The molecule has 0 radical (unpaired) electrons. The first-order chi connectivity index (χ1) is 13.6. The van der Waals surface area contributed by atoms with E-state index < -0.39 is 0 Å². The fourth-order valence-electron chi connectivity index (χ4n) is 3.31. The van der Waals surface area contributed by atoms with Crippen LogP contribution in [0.1, 0.15) is 11.1 Å². The minimum absolute atomic E-state index is 0.213. The Balaban J connectivity index is 1.43. The number of benzene rings is 2. The highest BCUT2D eigenvalue weighted by Crippen LogP contribution is 2.22. The van der Waals surface area contributed by atoms with Gasteiger partial charge in [0.15, 0.2) is 5.82 Å². The van der Waals surface area contributed by atoms with Crippen molar-refractivity contribution in [3.05, 3.63) is 65.6 Å². The highest BCUT2D eigenvalue weighted by molar-refractivity contribution is 5.61. The lowest BCUT2D eigenvalue weighted by atomic mass is 10.1. The summed E-state index contributed by atoms with van der Waals surface area (Å²) in [6.07, 6.45) is 1.64. The Kier molecular flexibility index (Phi) is 5.06. The van der Waals surface area contributed by atoms with Crippen molar-refractivity contribution in [3.8, 4) is 0 Å². The summed E-state index contributed by atoms with van der Waals surface area (Å²) >= 11 is 0. The third kappa shape index (κ3) is 4.03. The van der Waals surface area contributed by atoms with Crippen molar-refractivity contribution in [3.63, 3.8) is 0 Å². The number of halogens is 1. The molecule has 7 heteroatoms. The fourth-order valence-corrected chi connectivity index (χ4v) is 3.31. The number of aromatic nitrogens is 3. The van der Waals surface area contributed by atoms with Crippen molar-refractivity contribution in [2.24, 2.45) is 0 Å². The summed E-state index contributed by atoms with van der Waals surface area (Å²) in [5.74, 6) is 1.09. The van der Waals surface area contributed by atoms with E-state index >= 15 is 0 Å². The van der Waals surface area contributed by atoms with Crippen molar-refractivity contribution >= 4 is 23.1 Å². The number of aryl methyl sites for hydroxylation is 2. The Morgan fingerprint density at radius 3 is 2.39 bits per heavy atom. The number of hydrogen-bond donors (Lipinski definition) is 1. The first-order valence-electron chi connectivity index (χ1n) is 9.38. The monoisotopic (exact) mass is 378 g/mol. The molecule has 2 aromatic carbocycles. The molecule has 0 saturated carbocycles. The third-order valence-electron chi connectivity index (χ3n) is 4.96. The second kappa shape index (κ2) is 7.80. The zero-order valence-electron chi connectivity index (χ0n) is 16.1. The van der Waals surface area contributed by atoms with Crippen molar-refractivity contribution in [2.45, 2.75) is 13.8 Å². The molecule has 144 valence electrons. The first-order valence-corrected chi connectivity index (χ1v) is 9.38. The van der Waals surface area contributed by atoms with Gasteiger partial charge in [0.2, 0.25) is 5.95 Å². The Labute approximate surface area is 164 Å². The van der Waals surface area contributed by atoms with E-state index in [4.69, 9.17) is 0 Å². The molecule has 1 aromatic heterocycles. The van der Waals surface area contributed by atoms with Gasteiger partial charge in [-0.05, 0) is 55.3 Å². The minimum Gasteiger partial charge on any atom is -0.368 e. The van der Waals surface area contributed by atoms with Crippen LogP contribution in [0.25, 0.3) is 0 Å². The molecule has 1 saturated heterocycles. The molecule has 0 aliphatic carbocycles. The maximum absolute atomic E-state index is 13.1. The zero-order valence-corrected chi connectivity index (χ0v) is 16.1. The summed E-state index contributed by atoms with van der Waals surface area (Å²) in [6, 6.07) is 12.9. The summed E-state index contributed by atoms with van der Waals surface area (Å²) in [6.45, 7) is 7.34. The van der Waals surface area contributed by atoms with E-state index in [2.05, 4.69) is 62.3 Å². The highest BCUT2D eigenvalue weighted by Gasteiger charge is 2.20. The average molecular weight is 378 g/mol. The lowest BCUT2D eigenvalue weighted by Crippen LogP contribution is -2.47. The molecule has 0 bridgehead atoms. The van der Waals surface area contributed by atoms with Gasteiger partial charge < -0.3 is 15.1 Å². The molecule has 1 N–H and O–H groups in total. The second-order valence-corrected chi connectivity index (χ2v) is 7.04. The van der Waals surface area contributed by atoms with E-state index in [1.54, 1.807) is 6.20 Å². The Bertz CT molecular complexity index is 951. The van der Waals surface area contributed by atoms with Gasteiger partial charge >= 0.3 is 0 Å². The molecule has 1 aliphatic heterocycles. The van der Waals surface area contributed by atoms with Crippen molar-refractivity contribution < 1.29 is 4.39 Å². The quantitative estimate of drug-likeness (QED) is 0.747. The second-order valence-electron chi connectivity index (χ2n) is 7.04. The molecular formula is C21H23FN6. The minimum atomic E-state index is -0.213. The van der Waals surface area contributed by atoms with Crippen LogP contribution in [0.3, 0.4) is 0 Å². The van der Waals surface area contributed by atoms with Crippen LogP contribution < -0.4 is 15.1 Å². The topological polar surface area (TPSA) is 57.2 Å². The van der Waals surface area contributed by atoms with Gasteiger partial charge in [-0.1, -0.05) is 12.1 Å². The van der Waals surface area contributed by atoms with Gasteiger partial charge in [-0.15, -0.1) is 5.10 Å². The van der Waals surface area contributed by atoms with Gasteiger partial charge in [-0.3, -0.25) is 0 Å². The molecule has 0 unspecified atom stereocenters. The summed E-state index contributed by atoms with van der Waals surface area (Å²) in [4.78, 5) is 9.01. The van der Waals surface area contributed by atoms with Crippen molar-refractivity contribution in [2.75, 3.05) is 41.3 Å². The fraction of sp³-hybridized carbons (Fsp3) is 0.286. The molecule has 1 aliphatic rings. The normalized spacial score (nSPS) is 14.2. The van der Waals surface area contributed by atoms with E-state index in [0.29, 0.717) is 11.8 Å². The zero-order chi connectivity index (χ0) is 19.5. The van der Waals surface area contributed by atoms with E-state index in [9.17, 15) is 4.39 Å². The van der Waals surface area contributed by atoms with E-state index in [1.807, 2.05) is 12.1 Å². The molecule has 3 aromatic rings. The lowest BCUT2D eigenvalue weighted by molar-refractivity contribution is 0.622. The van der Waals surface area contributed by atoms with E-state index in [1.165, 1.54) is 17.7 Å². The molecule has 0 spiro atoms. The Morgan fingerprint density at radius 1 is 0.929 bits per heavy atom. The van der Waals surface area contributed by atoms with Crippen molar-refractivity contribution in [1.82, 2.24) is 15.2 Å². The molecular weight excluding hydrogens is 355 g/mol. The van der Waals surface area contributed by atoms with Gasteiger partial charge in [0.05, 0.1) is 6.20 Å². The van der Waals surface area contributed by atoms with Crippen LogP contribution in [-0.2, 0) is 0 Å². The van der Waals surface area contributed by atoms with Gasteiger partial charge in [0.25, 0.3) is 0 Å². The summed E-state index contributed by atoms with van der Waals surface area (Å²) in [5, 5.41) is 11.7. The predicted octanol–water partition coefficient (Wildman–Crippen LogP) is 3.70. The van der Waals surface area contributed by atoms with Gasteiger partial charge in [0.1, 0.15) is 5.82 Å². The maximum atomic E-state index is 13.1. The molecule has 1 fully saturated rings. The molecule has 28 heavy (non-hydrogen) atoms. The third-order valence-corrected chi connectivity index (χ3v) is 4.96. The van der Waals surface area contributed by atoms with Crippen LogP contribution in [0.15, 0.2) is 48.7 Å². The molecule has 0 amide bonds. The first kappa shape index (κ1) is 18.2. The van der Waals surface area contributed by atoms with Gasteiger partial charge in [-0.2, -0.15) is 10.1 Å². The lowest BCUT2D eigenvalue weighted by Gasteiger charge is -2.35. The van der Waals surface area contributed by atoms with Gasteiger partial charge in [-0.25, -0.2) is 4.39 Å². The number of rotatable bonds is 4.